The van der Waals surface area contributed by atoms with Gasteiger partial charge in [0.2, 0.25) is 0 Å². The van der Waals surface area contributed by atoms with Crippen LogP contribution in [0.1, 0.15) is 66.4 Å². The molecule has 1 amide bonds. The average Bonchev–Trinajstić information content (AvgIpc) is 2.92. The van der Waals surface area contributed by atoms with Crippen LogP contribution in [0.25, 0.3) is 0 Å². The number of carbonyl (C=O) groups excluding carboxylic acids is 1. The van der Waals surface area contributed by atoms with E-state index in [2.05, 4.69) is 10.4 Å². The predicted molar refractivity (Wildman–Crippen MR) is 100 cm³/mol. The number of carbonyl (C=O) groups is 1. The van der Waals surface area contributed by atoms with E-state index in [0.717, 1.165) is 24.1 Å². The second-order valence-corrected chi connectivity index (χ2v) is 7.65. The number of amides is 1. The fourth-order valence-corrected chi connectivity index (χ4v) is 3.92. The van der Waals surface area contributed by atoms with Crippen LogP contribution in [-0.4, -0.2) is 21.7 Å². The highest BCUT2D eigenvalue weighted by Crippen LogP contribution is 2.27. The van der Waals surface area contributed by atoms with Crippen molar-refractivity contribution < 1.29 is 9.53 Å². The first kappa shape index (κ1) is 17.6. The summed E-state index contributed by atoms with van der Waals surface area (Å²) in [6.45, 7) is 1.06. The molecule has 1 aliphatic heterocycles. The van der Waals surface area contributed by atoms with Gasteiger partial charge in [-0.3, -0.25) is 9.48 Å². The monoisotopic (exact) mass is 373 g/mol. The number of aromatic nitrogens is 2. The Bertz CT molecular complexity index is 764. The third-order valence-corrected chi connectivity index (χ3v) is 5.55. The van der Waals surface area contributed by atoms with Crippen LogP contribution in [0.4, 0.5) is 0 Å². The number of nitrogens with zero attached hydrogens (tertiary/aromatic N) is 2. The Morgan fingerprint density at radius 3 is 2.62 bits per heavy atom. The predicted octanol–water partition coefficient (Wildman–Crippen LogP) is 4.26. The minimum absolute atomic E-state index is 0.0677. The van der Waals surface area contributed by atoms with Crippen LogP contribution in [-0.2, 0) is 17.9 Å². The standard InChI is InChI=1S/C20H24ClN3O2/c21-15-9-7-14(8-10-15)19-12-24-17(13-26-19)11-18(23-24)20(25)22-16-5-3-1-2-4-6-16/h7-11,16,19H,1-6,12-13H2,(H,22,25)/t19-/m0/s1. The molecule has 1 fully saturated rings. The molecule has 138 valence electrons. The molecular formula is C20H24ClN3O2. The SMILES string of the molecule is O=C(NC1CCCCCC1)c1cc2n(n1)C[C@@H](c1ccc(Cl)cc1)OC2. The summed E-state index contributed by atoms with van der Waals surface area (Å²) in [6.07, 6.45) is 7.01. The summed E-state index contributed by atoms with van der Waals surface area (Å²) in [6, 6.07) is 9.81. The molecular weight excluding hydrogens is 350 g/mol. The average molecular weight is 374 g/mol. The van der Waals surface area contributed by atoms with Crippen LogP contribution in [0.3, 0.4) is 0 Å². The van der Waals surface area contributed by atoms with Gasteiger partial charge in [0.25, 0.3) is 5.91 Å². The lowest BCUT2D eigenvalue weighted by molar-refractivity contribution is -0.00119. The molecule has 6 heteroatoms. The lowest BCUT2D eigenvalue weighted by Gasteiger charge is -2.24. The van der Waals surface area contributed by atoms with Gasteiger partial charge >= 0.3 is 0 Å². The Labute approximate surface area is 158 Å². The molecule has 2 heterocycles. The molecule has 26 heavy (non-hydrogen) atoms. The van der Waals surface area contributed by atoms with E-state index in [9.17, 15) is 4.79 Å². The van der Waals surface area contributed by atoms with Crippen LogP contribution in [0.5, 0.6) is 0 Å². The maximum atomic E-state index is 12.6. The number of hydrogen-bond acceptors (Lipinski definition) is 3. The zero-order valence-corrected chi connectivity index (χ0v) is 15.5. The van der Waals surface area contributed by atoms with Crippen LogP contribution < -0.4 is 5.32 Å². The van der Waals surface area contributed by atoms with Gasteiger partial charge in [0.15, 0.2) is 5.69 Å². The highest BCUT2D eigenvalue weighted by atomic mass is 35.5. The van der Waals surface area contributed by atoms with Crippen molar-refractivity contribution in [2.24, 2.45) is 0 Å². The van der Waals surface area contributed by atoms with E-state index in [1.54, 1.807) is 0 Å². The van der Waals surface area contributed by atoms with Gasteiger partial charge in [-0.1, -0.05) is 49.4 Å². The summed E-state index contributed by atoms with van der Waals surface area (Å²) < 4.78 is 7.85. The quantitative estimate of drug-likeness (QED) is 0.818. The Kier molecular flexibility index (Phi) is 5.27. The van der Waals surface area contributed by atoms with Crippen molar-refractivity contribution in [2.75, 3.05) is 0 Å². The van der Waals surface area contributed by atoms with Gasteiger partial charge in [-0.25, -0.2) is 0 Å². The summed E-state index contributed by atoms with van der Waals surface area (Å²) in [5.74, 6) is -0.0677. The summed E-state index contributed by atoms with van der Waals surface area (Å²) >= 11 is 5.96. The first-order valence-corrected chi connectivity index (χ1v) is 9.81. The van der Waals surface area contributed by atoms with E-state index in [0.29, 0.717) is 23.9 Å². The number of benzene rings is 1. The maximum Gasteiger partial charge on any atom is 0.272 e. The summed E-state index contributed by atoms with van der Waals surface area (Å²) in [5, 5.41) is 8.40. The molecule has 0 saturated heterocycles. The van der Waals surface area contributed by atoms with Crippen molar-refractivity contribution in [2.45, 2.75) is 63.8 Å². The second-order valence-electron chi connectivity index (χ2n) is 7.22. The third-order valence-electron chi connectivity index (χ3n) is 5.30. The van der Waals surface area contributed by atoms with Crippen molar-refractivity contribution in [3.05, 3.63) is 52.3 Å². The first-order valence-electron chi connectivity index (χ1n) is 9.44. The Morgan fingerprint density at radius 2 is 1.88 bits per heavy atom. The van der Waals surface area contributed by atoms with Gasteiger partial charge in [0, 0.05) is 11.1 Å². The molecule has 4 rings (SSSR count). The normalized spacial score (nSPS) is 21.0. The molecule has 0 spiro atoms. The van der Waals surface area contributed by atoms with Crippen LogP contribution in [0.2, 0.25) is 5.02 Å². The van der Waals surface area contributed by atoms with E-state index >= 15 is 0 Å². The maximum absolute atomic E-state index is 12.6. The number of hydrogen-bond donors (Lipinski definition) is 1. The third kappa shape index (κ3) is 3.94. The van der Waals surface area contributed by atoms with Gasteiger partial charge in [0.1, 0.15) is 6.10 Å². The number of rotatable bonds is 3. The molecule has 1 N–H and O–H groups in total. The molecule has 1 aromatic heterocycles. The van der Waals surface area contributed by atoms with E-state index in [1.807, 2.05) is 35.0 Å². The van der Waals surface area contributed by atoms with Crippen LogP contribution in [0.15, 0.2) is 30.3 Å². The van der Waals surface area contributed by atoms with E-state index in [-0.39, 0.29) is 18.1 Å². The largest absolute Gasteiger partial charge is 0.365 e. The Morgan fingerprint density at radius 1 is 1.15 bits per heavy atom. The second kappa shape index (κ2) is 7.80. The van der Waals surface area contributed by atoms with E-state index < -0.39 is 0 Å². The molecule has 5 nitrogen and oxygen atoms in total. The molecule has 0 radical (unpaired) electrons. The number of halogens is 1. The highest BCUT2D eigenvalue weighted by molar-refractivity contribution is 6.30. The minimum atomic E-state index is -0.0718. The van der Waals surface area contributed by atoms with Crippen molar-refractivity contribution in [3.8, 4) is 0 Å². The first-order chi connectivity index (χ1) is 12.7. The summed E-state index contributed by atoms with van der Waals surface area (Å²) in [5.41, 5.74) is 2.51. The smallest absolute Gasteiger partial charge is 0.272 e. The zero-order valence-electron chi connectivity index (χ0n) is 14.8. The molecule has 2 aromatic rings. The number of ether oxygens (including phenoxy) is 1. The van der Waals surface area contributed by atoms with Crippen molar-refractivity contribution in [3.63, 3.8) is 0 Å². The molecule has 2 aliphatic rings. The molecule has 1 atom stereocenters. The number of fused-ring (bicyclic) bond motifs is 1. The highest BCUT2D eigenvalue weighted by Gasteiger charge is 2.25. The number of nitrogens with one attached hydrogen (secondary N) is 1. The van der Waals surface area contributed by atoms with Crippen molar-refractivity contribution >= 4 is 17.5 Å². The molecule has 0 unspecified atom stereocenters. The summed E-state index contributed by atoms with van der Waals surface area (Å²) in [7, 11) is 0. The molecule has 1 aliphatic carbocycles. The van der Waals surface area contributed by atoms with Crippen molar-refractivity contribution in [1.82, 2.24) is 15.1 Å². The molecule has 1 saturated carbocycles. The zero-order chi connectivity index (χ0) is 17.9. The summed E-state index contributed by atoms with van der Waals surface area (Å²) in [4.78, 5) is 12.6. The fourth-order valence-electron chi connectivity index (χ4n) is 3.80. The fraction of sp³-hybridized carbons (Fsp3) is 0.500. The Hall–Kier alpha value is -1.85. The minimum Gasteiger partial charge on any atom is -0.365 e. The van der Waals surface area contributed by atoms with Crippen LogP contribution in [0, 0.1) is 0 Å². The van der Waals surface area contributed by atoms with Gasteiger partial charge < -0.3 is 10.1 Å². The van der Waals surface area contributed by atoms with Crippen molar-refractivity contribution in [1.29, 1.82) is 0 Å². The Balaban J connectivity index is 1.43. The lowest BCUT2D eigenvalue weighted by Crippen LogP contribution is -2.34. The van der Waals surface area contributed by atoms with Gasteiger partial charge in [-0.2, -0.15) is 5.10 Å². The van der Waals surface area contributed by atoms with Gasteiger partial charge in [-0.05, 0) is 36.6 Å². The topological polar surface area (TPSA) is 56.2 Å². The van der Waals surface area contributed by atoms with Gasteiger partial charge in [-0.15, -0.1) is 0 Å². The lowest BCUT2D eigenvalue weighted by atomic mass is 10.1. The van der Waals surface area contributed by atoms with E-state index in [4.69, 9.17) is 16.3 Å². The van der Waals surface area contributed by atoms with E-state index in [1.165, 1.54) is 25.7 Å². The molecule has 1 aromatic carbocycles. The van der Waals surface area contributed by atoms with Gasteiger partial charge in [0.05, 0.1) is 18.8 Å². The molecule has 0 bridgehead atoms. The van der Waals surface area contributed by atoms with Crippen LogP contribution >= 0.6 is 11.6 Å².